The monoisotopic (exact) mass is 477 g/mol. The highest BCUT2D eigenvalue weighted by Crippen LogP contribution is 2.34. The van der Waals surface area contributed by atoms with Gasteiger partial charge in [-0.25, -0.2) is 0 Å². The first-order valence-corrected chi connectivity index (χ1v) is 11.6. The van der Waals surface area contributed by atoms with Crippen molar-refractivity contribution in [2.24, 2.45) is 5.16 Å². The van der Waals surface area contributed by atoms with E-state index >= 15 is 0 Å². The van der Waals surface area contributed by atoms with Gasteiger partial charge in [0, 0.05) is 5.02 Å². The van der Waals surface area contributed by atoms with E-state index in [0.29, 0.717) is 17.0 Å². The summed E-state index contributed by atoms with van der Waals surface area (Å²) in [5, 5.41) is 44.8. The first kappa shape index (κ1) is 25.6. The Morgan fingerprint density at radius 3 is 2.42 bits per heavy atom. The van der Waals surface area contributed by atoms with Crippen molar-refractivity contribution in [3.63, 3.8) is 0 Å². The Morgan fingerprint density at radius 1 is 1.06 bits per heavy atom. The summed E-state index contributed by atoms with van der Waals surface area (Å²) in [6.07, 6.45) is -2.52. The van der Waals surface area contributed by atoms with Gasteiger partial charge in [0.25, 0.3) is 0 Å². The van der Waals surface area contributed by atoms with E-state index in [9.17, 15) is 20.4 Å². The fourth-order valence-electron chi connectivity index (χ4n) is 4.02. The molecule has 1 heterocycles. The van der Waals surface area contributed by atoms with Crippen molar-refractivity contribution in [1.29, 1.82) is 0 Å². The van der Waals surface area contributed by atoms with Crippen LogP contribution in [-0.2, 0) is 16.0 Å². The lowest BCUT2D eigenvalue weighted by Crippen LogP contribution is -2.55. The van der Waals surface area contributed by atoms with Crippen molar-refractivity contribution in [2.75, 3.05) is 13.7 Å². The Balaban J connectivity index is 1.80. The number of rotatable bonds is 9. The van der Waals surface area contributed by atoms with Crippen LogP contribution < -0.4 is 0 Å². The molecule has 7 nitrogen and oxygen atoms in total. The third kappa shape index (κ3) is 6.12. The summed E-state index contributed by atoms with van der Waals surface area (Å²) >= 11 is 6.44. The molecule has 33 heavy (non-hydrogen) atoms. The summed E-state index contributed by atoms with van der Waals surface area (Å²) in [5.74, 6) is 0. The van der Waals surface area contributed by atoms with Gasteiger partial charge in [0.15, 0.2) is 0 Å². The highest BCUT2D eigenvalue weighted by atomic mass is 35.5. The van der Waals surface area contributed by atoms with Crippen LogP contribution in [0.1, 0.15) is 54.5 Å². The number of unbranched alkanes of at least 4 members (excludes halogenated alkanes) is 1. The predicted octanol–water partition coefficient (Wildman–Crippen LogP) is 2.99. The molecular weight excluding hydrogens is 446 g/mol. The van der Waals surface area contributed by atoms with Gasteiger partial charge < -0.3 is 30.0 Å². The number of benzene rings is 2. The van der Waals surface area contributed by atoms with Crippen LogP contribution in [-0.4, -0.2) is 64.3 Å². The number of aliphatic hydroxyl groups is 4. The number of oxime groups is 1. The smallest absolute Gasteiger partial charge is 0.113 e. The molecule has 0 radical (unpaired) electrons. The van der Waals surface area contributed by atoms with Gasteiger partial charge in [0.05, 0.1) is 12.3 Å². The maximum atomic E-state index is 10.4. The quantitative estimate of drug-likeness (QED) is 0.326. The standard InChI is InChI=1S/C25H32ClNO6/c1-3-4-5-20(27-32-2)16-8-6-15(7-9-16)12-18-13-17(10-11-19(18)26)25-24(31)23(30)22(29)21(14-28)33-25/h6-11,13,21-25,28-31H,3-5,12,14H2,1-2H3/t21-,22-,23+,24-,25+/m1/s1. The summed E-state index contributed by atoms with van der Waals surface area (Å²) in [6, 6.07) is 13.3. The lowest BCUT2D eigenvalue weighted by atomic mass is 9.90. The minimum absolute atomic E-state index is 0.471. The van der Waals surface area contributed by atoms with Crippen LogP contribution in [0.5, 0.6) is 0 Å². The lowest BCUT2D eigenvalue weighted by Gasteiger charge is -2.40. The minimum atomic E-state index is -1.43. The largest absolute Gasteiger partial charge is 0.399 e. The maximum Gasteiger partial charge on any atom is 0.113 e. The minimum Gasteiger partial charge on any atom is -0.399 e. The Morgan fingerprint density at radius 2 is 1.79 bits per heavy atom. The molecule has 8 heteroatoms. The van der Waals surface area contributed by atoms with Gasteiger partial charge in [-0.1, -0.05) is 66.5 Å². The number of nitrogens with zero attached hydrogens (tertiary/aromatic N) is 1. The van der Waals surface area contributed by atoms with Crippen LogP contribution >= 0.6 is 11.6 Å². The third-order valence-electron chi connectivity index (χ3n) is 5.94. The number of hydrogen-bond donors (Lipinski definition) is 4. The fraction of sp³-hybridized carbons (Fsp3) is 0.480. The molecule has 4 N–H and O–H groups in total. The molecule has 0 aliphatic carbocycles. The van der Waals surface area contributed by atoms with Crippen molar-refractivity contribution in [2.45, 2.75) is 63.1 Å². The molecule has 0 unspecified atom stereocenters. The van der Waals surface area contributed by atoms with Gasteiger partial charge in [0.2, 0.25) is 0 Å². The molecule has 0 amide bonds. The number of aliphatic hydroxyl groups excluding tert-OH is 4. The molecule has 180 valence electrons. The maximum absolute atomic E-state index is 10.4. The highest BCUT2D eigenvalue weighted by molar-refractivity contribution is 6.31. The topological polar surface area (TPSA) is 112 Å². The van der Waals surface area contributed by atoms with E-state index in [1.54, 1.807) is 19.2 Å². The van der Waals surface area contributed by atoms with Crippen molar-refractivity contribution >= 4 is 17.3 Å². The predicted molar refractivity (Wildman–Crippen MR) is 126 cm³/mol. The molecule has 0 bridgehead atoms. The van der Waals surface area contributed by atoms with Gasteiger partial charge in [0.1, 0.15) is 37.6 Å². The van der Waals surface area contributed by atoms with Gasteiger partial charge in [-0.3, -0.25) is 0 Å². The molecule has 5 atom stereocenters. The molecule has 1 fully saturated rings. The summed E-state index contributed by atoms with van der Waals surface area (Å²) in [4.78, 5) is 5.00. The van der Waals surface area contributed by atoms with E-state index in [-0.39, 0.29) is 0 Å². The van der Waals surface area contributed by atoms with Gasteiger partial charge in [-0.15, -0.1) is 0 Å². The molecule has 2 aromatic rings. The van der Waals surface area contributed by atoms with Crippen molar-refractivity contribution in [1.82, 2.24) is 0 Å². The Bertz CT molecular complexity index is 933. The molecular formula is C25H32ClNO6. The second-order valence-electron chi connectivity index (χ2n) is 8.30. The second-order valence-corrected chi connectivity index (χ2v) is 8.71. The molecule has 0 spiro atoms. The highest BCUT2D eigenvalue weighted by Gasteiger charge is 2.44. The zero-order valence-electron chi connectivity index (χ0n) is 18.9. The lowest BCUT2D eigenvalue weighted by molar-refractivity contribution is -0.231. The molecule has 1 saturated heterocycles. The normalized spacial score (nSPS) is 25.8. The average Bonchev–Trinajstić information content (AvgIpc) is 2.82. The van der Waals surface area contributed by atoms with Gasteiger partial charge in [-0.2, -0.15) is 0 Å². The van der Waals surface area contributed by atoms with E-state index in [4.69, 9.17) is 21.2 Å². The van der Waals surface area contributed by atoms with E-state index in [0.717, 1.165) is 41.7 Å². The Labute approximate surface area is 199 Å². The molecule has 1 aliphatic heterocycles. The number of halogens is 1. The van der Waals surface area contributed by atoms with Crippen molar-refractivity contribution < 1.29 is 30.0 Å². The Hall–Kier alpha value is -2.00. The van der Waals surface area contributed by atoms with Crippen LogP contribution in [0.4, 0.5) is 0 Å². The fourth-order valence-corrected chi connectivity index (χ4v) is 4.20. The first-order chi connectivity index (χ1) is 15.9. The first-order valence-electron chi connectivity index (χ1n) is 11.2. The van der Waals surface area contributed by atoms with Crippen molar-refractivity contribution in [3.8, 4) is 0 Å². The van der Waals surface area contributed by atoms with Crippen LogP contribution in [0.3, 0.4) is 0 Å². The molecule has 2 aromatic carbocycles. The van der Waals surface area contributed by atoms with E-state index < -0.39 is 37.1 Å². The summed E-state index contributed by atoms with van der Waals surface area (Å²) in [6.45, 7) is 1.66. The second kappa shape index (κ2) is 11.9. The summed E-state index contributed by atoms with van der Waals surface area (Å²) in [7, 11) is 1.55. The molecule has 3 rings (SSSR count). The Kier molecular flexibility index (Phi) is 9.26. The number of ether oxygens (including phenoxy) is 1. The summed E-state index contributed by atoms with van der Waals surface area (Å²) in [5.41, 5.74) is 4.40. The van der Waals surface area contributed by atoms with E-state index in [1.807, 2.05) is 30.3 Å². The average molecular weight is 478 g/mol. The number of hydrogen-bond acceptors (Lipinski definition) is 7. The van der Waals surface area contributed by atoms with Gasteiger partial charge in [-0.05, 0) is 47.6 Å². The van der Waals surface area contributed by atoms with Crippen molar-refractivity contribution in [3.05, 3.63) is 69.7 Å². The zero-order valence-corrected chi connectivity index (χ0v) is 19.7. The zero-order chi connectivity index (χ0) is 24.0. The van der Waals surface area contributed by atoms with Crippen LogP contribution in [0.15, 0.2) is 47.6 Å². The van der Waals surface area contributed by atoms with Crippen LogP contribution in [0.25, 0.3) is 0 Å². The third-order valence-corrected chi connectivity index (χ3v) is 6.31. The summed E-state index contributed by atoms with van der Waals surface area (Å²) < 4.78 is 5.68. The van der Waals surface area contributed by atoms with Crippen LogP contribution in [0.2, 0.25) is 5.02 Å². The molecule has 0 saturated carbocycles. The van der Waals surface area contributed by atoms with Crippen LogP contribution in [0, 0.1) is 0 Å². The van der Waals surface area contributed by atoms with E-state index in [1.165, 1.54) is 0 Å². The SMILES string of the molecule is CCCCC(=NOC)c1ccc(Cc2cc([C@@H]3O[C@H](CO)[C@@H](O)[C@H](O)[C@H]3O)ccc2Cl)cc1. The molecule has 0 aromatic heterocycles. The van der Waals surface area contributed by atoms with Gasteiger partial charge >= 0.3 is 0 Å². The molecule has 1 aliphatic rings. The van der Waals surface area contributed by atoms with E-state index in [2.05, 4.69) is 12.1 Å².